The molecule has 21 heavy (non-hydrogen) atoms. The molecule has 1 saturated heterocycles. The van der Waals surface area contributed by atoms with Crippen LogP contribution in [0.15, 0.2) is 0 Å². The molecule has 0 spiro atoms. The third kappa shape index (κ3) is 7.79. The summed E-state index contributed by atoms with van der Waals surface area (Å²) in [6, 6.07) is 0. The molecular formula is C16H33N3O2. The molecule has 0 radical (unpaired) electrons. The van der Waals surface area contributed by atoms with Crippen LogP contribution in [0.4, 0.5) is 0 Å². The lowest BCUT2D eigenvalue weighted by Gasteiger charge is -2.32. The van der Waals surface area contributed by atoms with Crippen LogP contribution in [0.25, 0.3) is 0 Å². The Labute approximate surface area is 129 Å². The number of hydrogen-bond donors (Lipinski definition) is 2. The zero-order valence-electron chi connectivity index (χ0n) is 14.1. The molecule has 1 rings (SSSR count). The highest BCUT2D eigenvalue weighted by Gasteiger charge is 2.20. The van der Waals surface area contributed by atoms with E-state index in [1.54, 1.807) is 0 Å². The average Bonchev–Trinajstić information content (AvgIpc) is 2.43. The van der Waals surface area contributed by atoms with E-state index >= 15 is 0 Å². The smallest absolute Gasteiger partial charge is 0.222 e. The lowest BCUT2D eigenvalue weighted by Crippen LogP contribution is -2.41. The largest absolute Gasteiger partial charge is 0.392 e. The highest BCUT2D eigenvalue weighted by molar-refractivity contribution is 5.76. The van der Waals surface area contributed by atoms with Crippen LogP contribution in [0.1, 0.15) is 33.1 Å². The summed E-state index contributed by atoms with van der Waals surface area (Å²) in [7, 11) is 4.21. The Morgan fingerprint density at radius 3 is 2.48 bits per heavy atom. The molecule has 1 aliphatic rings. The van der Waals surface area contributed by atoms with Gasteiger partial charge in [0.05, 0.1) is 12.5 Å². The monoisotopic (exact) mass is 299 g/mol. The van der Waals surface area contributed by atoms with Gasteiger partial charge in [0.25, 0.3) is 0 Å². The maximum absolute atomic E-state index is 11.8. The summed E-state index contributed by atoms with van der Waals surface area (Å²) < 4.78 is 0. The summed E-state index contributed by atoms with van der Waals surface area (Å²) in [5.41, 5.74) is 0. The minimum absolute atomic E-state index is 0.0220. The number of aliphatic hydroxyl groups is 1. The summed E-state index contributed by atoms with van der Waals surface area (Å²) in [5, 5.41) is 12.7. The Morgan fingerprint density at radius 2 is 1.95 bits per heavy atom. The van der Waals surface area contributed by atoms with E-state index in [1.807, 2.05) is 13.8 Å². The van der Waals surface area contributed by atoms with Crippen molar-refractivity contribution in [2.45, 2.75) is 39.2 Å². The van der Waals surface area contributed by atoms with E-state index < -0.39 is 6.10 Å². The molecule has 1 atom stereocenters. The molecule has 1 unspecified atom stereocenters. The van der Waals surface area contributed by atoms with Crippen molar-refractivity contribution in [2.75, 3.05) is 46.8 Å². The molecule has 1 fully saturated rings. The Kier molecular flexibility index (Phi) is 8.22. The van der Waals surface area contributed by atoms with Crippen molar-refractivity contribution < 1.29 is 9.90 Å². The molecule has 1 amide bonds. The van der Waals surface area contributed by atoms with Crippen LogP contribution in [0.5, 0.6) is 0 Å². The van der Waals surface area contributed by atoms with Gasteiger partial charge in [0.1, 0.15) is 0 Å². The Balaban J connectivity index is 2.14. The van der Waals surface area contributed by atoms with Crippen LogP contribution in [0.3, 0.4) is 0 Å². The molecule has 1 aliphatic heterocycles. The first-order valence-corrected chi connectivity index (χ1v) is 8.20. The van der Waals surface area contributed by atoms with Gasteiger partial charge in [-0.05, 0) is 51.9 Å². The van der Waals surface area contributed by atoms with Gasteiger partial charge >= 0.3 is 0 Å². The first-order chi connectivity index (χ1) is 9.88. The van der Waals surface area contributed by atoms with Gasteiger partial charge in [0.2, 0.25) is 5.91 Å². The molecule has 0 aromatic carbocycles. The zero-order chi connectivity index (χ0) is 15.8. The third-order valence-electron chi connectivity index (χ3n) is 4.32. The Hall–Kier alpha value is -0.650. The number of likely N-dealkylation sites (tertiary alicyclic amines) is 1. The summed E-state index contributed by atoms with van der Waals surface area (Å²) in [6.07, 6.45) is 2.00. The highest BCUT2D eigenvalue weighted by Crippen LogP contribution is 2.16. The molecule has 0 aromatic rings. The van der Waals surface area contributed by atoms with Gasteiger partial charge in [-0.25, -0.2) is 0 Å². The SMILES string of the molecule is CC(C)C(O)CC(=O)NCC1CCN(CCN(C)C)CC1. The predicted octanol–water partition coefficient (Wildman–Crippen LogP) is 0.783. The second kappa shape index (κ2) is 9.38. The van der Waals surface area contributed by atoms with Gasteiger partial charge in [-0.3, -0.25) is 4.79 Å². The van der Waals surface area contributed by atoms with Crippen LogP contribution in [0.2, 0.25) is 0 Å². The molecule has 1 heterocycles. The number of piperidine rings is 1. The van der Waals surface area contributed by atoms with Crippen molar-refractivity contribution in [1.29, 1.82) is 0 Å². The van der Waals surface area contributed by atoms with Crippen molar-refractivity contribution in [3.8, 4) is 0 Å². The summed E-state index contributed by atoms with van der Waals surface area (Å²) in [4.78, 5) is 16.5. The summed E-state index contributed by atoms with van der Waals surface area (Å²) in [6.45, 7) is 9.11. The summed E-state index contributed by atoms with van der Waals surface area (Å²) >= 11 is 0. The van der Waals surface area contributed by atoms with E-state index in [2.05, 4.69) is 29.2 Å². The quantitative estimate of drug-likeness (QED) is 0.695. The van der Waals surface area contributed by atoms with Crippen molar-refractivity contribution in [3.63, 3.8) is 0 Å². The van der Waals surface area contributed by atoms with E-state index in [4.69, 9.17) is 0 Å². The topological polar surface area (TPSA) is 55.8 Å². The first kappa shape index (κ1) is 18.4. The van der Waals surface area contributed by atoms with E-state index in [0.29, 0.717) is 5.92 Å². The number of rotatable bonds is 8. The molecule has 0 aliphatic carbocycles. The van der Waals surface area contributed by atoms with E-state index in [0.717, 1.165) is 45.6 Å². The van der Waals surface area contributed by atoms with E-state index in [-0.39, 0.29) is 18.2 Å². The normalized spacial score (nSPS) is 19.2. The first-order valence-electron chi connectivity index (χ1n) is 8.20. The van der Waals surface area contributed by atoms with Crippen LogP contribution in [-0.2, 0) is 4.79 Å². The molecule has 0 saturated carbocycles. The number of likely N-dealkylation sites (N-methyl/N-ethyl adjacent to an activating group) is 1. The lowest BCUT2D eigenvalue weighted by atomic mass is 9.96. The van der Waals surface area contributed by atoms with Gasteiger partial charge in [-0.1, -0.05) is 13.8 Å². The predicted molar refractivity (Wildman–Crippen MR) is 86.2 cm³/mol. The third-order valence-corrected chi connectivity index (χ3v) is 4.32. The second-order valence-corrected chi connectivity index (χ2v) is 6.91. The molecule has 0 aromatic heterocycles. The molecule has 2 N–H and O–H groups in total. The van der Waals surface area contributed by atoms with Crippen molar-refractivity contribution in [3.05, 3.63) is 0 Å². The molecule has 5 nitrogen and oxygen atoms in total. The number of carbonyl (C=O) groups is 1. The minimum Gasteiger partial charge on any atom is -0.392 e. The van der Waals surface area contributed by atoms with Crippen molar-refractivity contribution in [2.24, 2.45) is 11.8 Å². The average molecular weight is 299 g/mol. The zero-order valence-corrected chi connectivity index (χ0v) is 14.1. The van der Waals surface area contributed by atoms with Gasteiger partial charge in [-0.2, -0.15) is 0 Å². The molecule has 0 bridgehead atoms. The van der Waals surface area contributed by atoms with Crippen LogP contribution in [-0.4, -0.2) is 73.7 Å². The van der Waals surface area contributed by atoms with Crippen LogP contribution >= 0.6 is 0 Å². The maximum atomic E-state index is 11.8. The molecule has 124 valence electrons. The number of carbonyl (C=O) groups excluding carboxylic acids is 1. The van der Waals surface area contributed by atoms with Crippen molar-refractivity contribution >= 4 is 5.91 Å². The van der Waals surface area contributed by atoms with Gasteiger partial charge in [0.15, 0.2) is 0 Å². The standard InChI is InChI=1S/C16H33N3O2/c1-13(2)15(20)11-16(21)17-12-14-5-7-19(8-6-14)10-9-18(3)4/h13-15,20H,5-12H2,1-4H3,(H,17,21). The van der Waals surface area contributed by atoms with Gasteiger partial charge in [0, 0.05) is 19.6 Å². The van der Waals surface area contributed by atoms with Crippen LogP contribution < -0.4 is 5.32 Å². The van der Waals surface area contributed by atoms with Crippen LogP contribution in [0, 0.1) is 11.8 Å². The van der Waals surface area contributed by atoms with E-state index in [9.17, 15) is 9.90 Å². The maximum Gasteiger partial charge on any atom is 0.222 e. The highest BCUT2D eigenvalue weighted by atomic mass is 16.3. The fourth-order valence-electron chi connectivity index (χ4n) is 2.51. The number of amides is 1. The number of nitrogens with zero attached hydrogens (tertiary/aromatic N) is 2. The Morgan fingerprint density at radius 1 is 1.33 bits per heavy atom. The number of nitrogens with one attached hydrogen (secondary N) is 1. The van der Waals surface area contributed by atoms with Crippen molar-refractivity contribution in [1.82, 2.24) is 15.1 Å². The fraction of sp³-hybridized carbons (Fsp3) is 0.938. The van der Waals surface area contributed by atoms with Gasteiger partial charge in [-0.15, -0.1) is 0 Å². The van der Waals surface area contributed by atoms with E-state index in [1.165, 1.54) is 0 Å². The van der Waals surface area contributed by atoms with Gasteiger partial charge < -0.3 is 20.2 Å². The molecular weight excluding hydrogens is 266 g/mol. The Bertz CT molecular complexity index is 300. The summed E-state index contributed by atoms with van der Waals surface area (Å²) in [5.74, 6) is 0.697. The minimum atomic E-state index is -0.530. The fourth-order valence-corrected chi connectivity index (χ4v) is 2.51. The number of aliphatic hydroxyl groups excluding tert-OH is 1. The number of hydrogen-bond acceptors (Lipinski definition) is 4. The molecule has 5 heteroatoms. The second-order valence-electron chi connectivity index (χ2n) is 6.91. The lowest BCUT2D eigenvalue weighted by molar-refractivity contribution is -0.123.